The highest BCUT2D eigenvalue weighted by molar-refractivity contribution is 14.1. The lowest BCUT2D eigenvalue weighted by atomic mass is 10.1. The quantitative estimate of drug-likeness (QED) is 0.670. The van der Waals surface area contributed by atoms with Crippen LogP contribution in [0.25, 0.3) is 0 Å². The van der Waals surface area contributed by atoms with E-state index in [9.17, 15) is 4.79 Å². The molecule has 1 aliphatic heterocycles. The third-order valence-corrected chi connectivity index (χ3v) is 2.99. The molecule has 0 fully saturated rings. The van der Waals surface area contributed by atoms with Crippen LogP contribution in [0.2, 0.25) is 0 Å². The molecule has 0 aromatic heterocycles. The number of amides is 1. The van der Waals surface area contributed by atoms with Gasteiger partial charge in [0.2, 0.25) is 0 Å². The van der Waals surface area contributed by atoms with E-state index in [1.165, 1.54) is 0 Å². The van der Waals surface area contributed by atoms with E-state index in [4.69, 9.17) is 0 Å². The zero-order valence-corrected chi connectivity index (χ0v) is 9.59. The first-order chi connectivity index (χ1) is 5.68. The van der Waals surface area contributed by atoms with E-state index in [0.717, 1.165) is 13.6 Å². The lowest BCUT2D eigenvalue weighted by Gasteiger charge is -1.99. The van der Waals surface area contributed by atoms with Crippen LogP contribution in [-0.4, -0.2) is 12.1 Å². The molecular weight excluding hydrogens is 333 g/mol. The third kappa shape index (κ3) is 1.22. The molecule has 4 heteroatoms. The number of fused-ring (bicyclic) bond motifs is 1. The summed E-state index contributed by atoms with van der Waals surface area (Å²) in [5.74, 6) is -0.149. The summed E-state index contributed by atoms with van der Waals surface area (Å²) in [5.41, 5.74) is 1.62. The second-order valence-corrected chi connectivity index (χ2v) is 4.49. The van der Waals surface area contributed by atoms with E-state index in [2.05, 4.69) is 43.5 Å². The second-order valence-electron chi connectivity index (χ2n) is 2.41. The maximum atomic E-state index is 11.1. The molecule has 0 bridgehead atoms. The van der Waals surface area contributed by atoms with E-state index >= 15 is 0 Å². The monoisotopic (exact) mass is 335 g/mol. The predicted molar refractivity (Wildman–Crippen MR) is 58.8 cm³/mol. The van der Waals surface area contributed by atoms with E-state index in [0.29, 0.717) is 5.56 Å². The summed E-state index contributed by atoms with van der Waals surface area (Å²) < 4.78 is 1.97. The fraction of sp³-hybridized carbons (Fsp3) is 0. The minimum absolute atomic E-state index is 0.149. The summed E-state index contributed by atoms with van der Waals surface area (Å²) in [4.78, 5) is 14.9. The van der Waals surface area contributed by atoms with Gasteiger partial charge in [-0.15, -0.1) is 0 Å². The van der Waals surface area contributed by atoms with Crippen molar-refractivity contribution < 1.29 is 4.79 Å². The van der Waals surface area contributed by atoms with Gasteiger partial charge in [0.15, 0.2) is 0 Å². The standard InChI is InChI=1S/C8H3BrINO/c9-4-1-5-6(7(10)2-4)3-11-8(5)12/h1-3H. The number of aliphatic imine (C=N–C) groups is 1. The van der Waals surface area contributed by atoms with Crippen LogP contribution in [-0.2, 0) is 0 Å². The first kappa shape index (κ1) is 8.37. The van der Waals surface area contributed by atoms with Crippen LogP contribution in [0.1, 0.15) is 15.9 Å². The SMILES string of the molecule is O=C1N=Cc2c(I)cc(Br)cc21. The molecule has 0 saturated heterocycles. The highest BCUT2D eigenvalue weighted by Crippen LogP contribution is 2.25. The zero-order valence-electron chi connectivity index (χ0n) is 5.84. The highest BCUT2D eigenvalue weighted by Gasteiger charge is 2.17. The molecule has 0 aliphatic carbocycles. The van der Waals surface area contributed by atoms with Crippen molar-refractivity contribution in [2.75, 3.05) is 0 Å². The number of carbonyl (C=O) groups excluding carboxylic acids is 1. The maximum Gasteiger partial charge on any atom is 0.277 e. The fourth-order valence-corrected chi connectivity index (χ4v) is 2.74. The van der Waals surface area contributed by atoms with Crippen LogP contribution in [0.4, 0.5) is 0 Å². The Hall–Kier alpha value is -0.230. The van der Waals surface area contributed by atoms with Gasteiger partial charge in [0.1, 0.15) is 0 Å². The Labute approximate surface area is 91.3 Å². The number of carbonyl (C=O) groups is 1. The van der Waals surface area contributed by atoms with Gasteiger partial charge < -0.3 is 0 Å². The number of hydrogen-bond donors (Lipinski definition) is 0. The molecule has 1 amide bonds. The maximum absolute atomic E-state index is 11.1. The molecule has 1 aromatic rings. The molecule has 0 N–H and O–H groups in total. The van der Waals surface area contributed by atoms with Gasteiger partial charge in [0.05, 0.1) is 5.56 Å². The van der Waals surface area contributed by atoms with Gasteiger partial charge in [-0.1, -0.05) is 15.9 Å². The van der Waals surface area contributed by atoms with Crippen molar-refractivity contribution in [3.8, 4) is 0 Å². The predicted octanol–water partition coefficient (Wildman–Crippen LogP) is 2.63. The van der Waals surface area contributed by atoms with Crippen LogP contribution >= 0.6 is 38.5 Å². The number of benzene rings is 1. The molecule has 0 saturated carbocycles. The summed E-state index contributed by atoms with van der Waals surface area (Å²) in [6.45, 7) is 0. The number of rotatable bonds is 0. The molecule has 2 rings (SSSR count). The van der Waals surface area contributed by atoms with Crippen LogP contribution in [0, 0.1) is 3.57 Å². The zero-order chi connectivity index (χ0) is 8.72. The topological polar surface area (TPSA) is 29.4 Å². The molecule has 1 aromatic carbocycles. The largest absolute Gasteiger partial charge is 0.277 e. The van der Waals surface area contributed by atoms with Crippen molar-refractivity contribution in [3.05, 3.63) is 31.3 Å². The molecule has 0 radical (unpaired) electrons. The Bertz CT molecular complexity index is 400. The van der Waals surface area contributed by atoms with Crippen LogP contribution in [0.15, 0.2) is 21.6 Å². The molecule has 2 nitrogen and oxygen atoms in total. The Kier molecular flexibility index (Phi) is 2.04. The molecule has 60 valence electrons. The summed E-state index contributed by atoms with van der Waals surface area (Å²) in [6, 6.07) is 3.76. The van der Waals surface area contributed by atoms with Crippen molar-refractivity contribution in [1.29, 1.82) is 0 Å². The van der Waals surface area contributed by atoms with Crippen molar-refractivity contribution in [1.82, 2.24) is 0 Å². The summed E-state index contributed by atoms with van der Waals surface area (Å²) in [5, 5.41) is 0. The minimum Gasteiger partial charge on any atom is -0.267 e. The van der Waals surface area contributed by atoms with E-state index < -0.39 is 0 Å². The molecule has 0 atom stereocenters. The number of halogens is 2. The Morgan fingerprint density at radius 3 is 2.92 bits per heavy atom. The summed E-state index contributed by atoms with van der Waals surface area (Å²) in [7, 11) is 0. The minimum atomic E-state index is -0.149. The molecule has 0 spiro atoms. The van der Waals surface area contributed by atoms with Gasteiger partial charge in [0.25, 0.3) is 5.91 Å². The lowest BCUT2D eigenvalue weighted by Crippen LogP contribution is -1.93. The first-order valence-corrected chi connectivity index (χ1v) is 5.13. The first-order valence-electron chi connectivity index (χ1n) is 3.26. The van der Waals surface area contributed by atoms with Crippen LogP contribution < -0.4 is 0 Å². The van der Waals surface area contributed by atoms with Crippen LogP contribution in [0.5, 0.6) is 0 Å². The highest BCUT2D eigenvalue weighted by atomic mass is 127. The molecular formula is C8H3BrINO. The number of hydrogen-bond acceptors (Lipinski definition) is 1. The van der Waals surface area contributed by atoms with Gasteiger partial charge in [-0.3, -0.25) is 4.79 Å². The van der Waals surface area contributed by atoms with Crippen LogP contribution in [0.3, 0.4) is 0 Å². The Morgan fingerprint density at radius 2 is 2.17 bits per heavy atom. The van der Waals surface area contributed by atoms with Crippen molar-refractivity contribution in [3.63, 3.8) is 0 Å². The molecule has 1 aliphatic rings. The third-order valence-electron chi connectivity index (χ3n) is 1.64. The normalized spacial score (nSPS) is 13.7. The second kappa shape index (κ2) is 2.92. The molecule has 1 heterocycles. The van der Waals surface area contributed by atoms with Gasteiger partial charge in [0, 0.05) is 19.8 Å². The van der Waals surface area contributed by atoms with E-state index in [1.54, 1.807) is 12.3 Å². The van der Waals surface area contributed by atoms with Gasteiger partial charge in [-0.25, -0.2) is 4.99 Å². The Morgan fingerprint density at radius 1 is 1.42 bits per heavy atom. The summed E-state index contributed by atoms with van der Waals surface area (Å²) in [6.07, 6.45) is 1.62. The molecule has 0 unspecified atom stereocenters. The van der Waals surface area contributed by atoms with Crippen molar-refractivity contribution in [2.45, 2.75) is 0 Å². The average molecular weight is 336 g/mol. The van der Waals surface area contributed by atoms with Gasteiger partial charge >= 0.3 is 0 Å². The van der Waals surface area contributed by atoms with Gasteiger partial charge in [-0.2, -0.15) is 0 Å². The van der Waals surface area contributed by atoms with Crippen molar-refractivity contribution in [2.24, 2.45) is 4.99 Å². The van der Waals surface area contributed by atoms with E-state index in [1.807, 2.05) is 6.07 Å². The lowest BCUT2D eigenvalue weighted by molar-refractivity contribution is 0.101. The smallest absolute Gasteiger partial charge is 0.267 e. The average Bonchev–Trinajstić information content (AvgIpc) is 2.33. The van der Waals surface area contributed by atoms with Crippen molar-refractivity contribution >= 4 is 50.6 Å². The van der Waals surface area contributed by atoms with Gasteiger partial charge in [-0.05, 0) is 34.7 Å². The summed E-state index contributed by atoms with van der Waals surface area (Å²) >= 11 is 5.52. The molecule has 12 heavy (non-hydrogen) atoms. The van der Waals surface area contributed by atoms with E-state index in [-0.39, 0.29) is 5.91 Å². The fourth-order valence-electron chi connectivity index (χ4n) is 1.09. The Balaban J connectivity index is 2.74. The number of nitrogens with zero attached hydrogens (tertiary/aromatic N) is 1.